The van der Waals surface area contributed by atoms with E-state index in [0.29, 0.717) is 11.6 Å². The number of amides is 1. The summed E-state index contributed by atoms with van der Waals surface area (Å²) in [5.41, 5.74) is 2.40. The first-order chi connectivity index (χ1) is 11.7. The van der Waals surface area contributed by atoms with Gasteiger partial charge in [-0.2, -0.15) is 0 Å². The maximum absolute atomic E-state index is 12.5. The molecule has 0 bridgehead atoms. The molecule has 1 N–H and O–H groups in total. The standard InChI is InChI=1S/C19H22BrN3O/c1-2-17-8-3-4-9-23(17)18-10-14(12-21-13-18)19(24)22-16-7-5-6-15(20)11-16/h5-7,10-13,17H,2-4,8-9H2,1H3,(H,22,24). The number of rotatable bonds is 4. The Bertz CT molecular complexity index is 719. The van der Waals surface area contributed by atoms with Gasteiger partial charge in [0.05, 0.1) is 17.4 Å². The summed E-state index contributed by atoms with van der Waals surface area (Å²) in [6, 6.07) is 10.1. The molecule has 0 saturated carbocycles. The van der Waals surface area contributed by atoms with Crippen LogP contribution in [-0.2, 0) is 0 Å². The van der Waals surface area contributed by atoms with Crippen molar-refractivity contribution < 1.29 is 4.79 Å². The zero-order chi connectivity index (χ0) is 16.9. The number of carbonyl (C=O) groups excluding carboxylic acids is 1. The number of nitrogens with zero attached hydrogens (tertiary/aromatic N) is 2. The molecule has 3 rings (SSSR count). The molecule has 1 atom stereocenters. The first kappa shape index (κ1) is 17.0. The molecule has 1 saturated heterocycles. The lowest BCUT2D eigenvalue weighted by molar-refractivity contribution is 0.102. The van der Waals surface area contributed by atoms with Gasteiger partial charge in [0.1, 0.15) is 0 Å². The maximum atomic E-state index is 12.5. The first-order valence-electron chi connectivity index (χ1n) is 8.46. The molecule has 24 heavy (non-hydrogen) atoms. The van der Waals surface area contributed by atoms with Crippen LogP contribution in [0.2, 0.25) is 0 Å². The minimum atomic E-state index is -0.132. The molecule has 1 aliphatic heterocycles. The minimum Gasteiger partial charge on any atom is -0.367 e. The predicted octanol–water partition coefficient (Wildman–Crippen LogP) is 4.87. The molecule has 0 spiro atoms. The molecule has 4 nitrogen and oxygen atoms in total. The second-order valence-corrected chi connectivity index (χ2v) is 7.06. The van der Waals surface area contributed by atoms with Gasteiger partial charge in [-0.3, -0.25) is 9.78 Å². The molecule has 2 heterocycles. The highest BCUT2D eigenvalue weighted by atomic mass is 79.9. The summed E-state index contributed by atoms with van der Waals surface area (Å²) < 4.78 is 0.936. The van der Waals surface area contributed by atoms with Crippen molar-refractivity contribution in [2.24, 2.45) is 0 Å². The fourth-order valence-corrected chi connectivity index (χ4v) is 3.64. The van der Waals surface area contributed by atoms with Crippen molar-refractivity contribution in [2.45, 2.75) is 38.6 Å². The molecule has 5 heteroatoms. The van der Waals surface area contributed by atoms with Crippen LogP contribution >= 0.6 is 15.9 Å². The highest BCUT2D eigenvalue weighted by Crippen LogP contribution is 2.26. The van der Waals surface area contributed by atoms with Crippen LogP contribution < -0.4 is 10.2 Å². The second kappa shape index (κ2) is 7.79. The van der Waals surface area contributed by atoms with Crippen molar-refractivity contribution in [1.29, 1.82) is 0 Å². The predicted molar refractivity (Wildman–Crippen MR) is 102 cm³/mol. The van der Waals surface area contributed by atoms with Crippen molar-refractivity contribution in [3.05, 3.63) is 52.8 Å². The molecule has 0 aliphatic carbocycles. The van der Waals surface area contributed by atoms with Crippen LogP contribution in [0.5, 0.6) is 0 Å². The normalized spacial score (nSPS) is 17.6. The molecule has 1 aromatic heterocycles. The van der Waals surface area contributed by atoms with Crippen LogP contribution in [0.25, 0.3) is 0 Å². The Labute approximate surface area is 151 Å². The molecule has 1 amide bonds. The van der Waals surface area contributed by atoms with Gasteiger partial charge in [-0.1, -0.05) is 28.9 Å². The summed E-state index contributed by atoms with van der Waals surface area (Å²) in [7, 11) is 0. The van der Waals surface area contributed by atoms with Crippen molar-refractivity contribution in [1.82, 2.24) is 4.98 Å². The van der Waals surface area contributed by atoms with E-state index in [1.165, 1.54) is 19.3 Å². The minimum absolute atomic E-state index is 0.132. The van der Waals surface area contributed by atoms with E-state index in [-0.39, 0.29) is 5.91 Å². The summed E-state index contributed by atoms with van der Waals surface area (Å²) in [4.78, 5) is 19.2. The van der Waals surface area contributed by atoms with E-state index in [9.17, 15) is 4.79 Å². The van der Waals surface area contributed by atoms with E-state index in [1.807, 2.05) is 36.5 Å². The number of aromatic nitrogens is 1. The molecule has 1 aromatic carbocycles. The van der Waals surface area contributed by atoms with Gasteiger partial charge in [-0.15, -0.1) is 0 Å². The highest BCUT2D eigenvalue weighted by molar-refractivity contribution is 9.10. The van der Waals surface area contributed by atoms with Crippen LogP contribution in [0.3, 0.4) is 0 Å². The summed E-state index contributed by atoms with van der Waals surface area (Å²) in [5, 5.41) is 2.93. The van der Waals surface area contributed by atoms with Crippen LogP contribution in [0, 0.1) is 0 Å². The van der Waals surface area contributed by atoms with Gasteiger partial charge in [-0.25, -0.2) is 0 Å². The van der Waals surface area contributed by atoms with Crippen molar-refractivity contribution in [3.63, 3.8) is 0 Å². The van der Waals surface area contributed by atoms with E-state index in [2.05, 4.69) is 38.1 Å². The van der Waals surface area contributed by atoms with Gasteiger partial charge in [0, 0.05) is 28.9 Å². The van der Waals surface area contributed by atoms with E-state index in [1.54, 1.807) is 6.20 Å². The van der Waals surface area contributed by atoms with E-state index < -0.39 is 0 Å². The lowest BCUT2D eigenvalue weighted by Crippen LogP contribution is -2.39. The number of benzene rings is 1. The molecule has 1 fully saturated rings. The summed E-state index contributed by atoms with van der Waals surface area (Å²) >= 11 is 3.42. The number of nitrogens with one attached hydrogen (secondary N) is 1. The van der Waals surface area contributed by atoms with E-state index >= 15 is 0 Å². The average Bonchev–Trinajstić information content (AvgIpc) is 2.62. The topological polar surface area (TPSA) is 45.2 Å². The summed E-state index contributed by atoms with van der Waals surface area (Å²) in [6.07, 6.45) is 8.31. The molecule has 126 valence electrons. The molecule has 0 radical (unpaired) electrons. The Morgan fingerprint density at radius 2 is 2.21 bits per heavy atom. The van der Waals surface area contributed by atoms with Crippen molar-refractivity contribution in [2.75, 3.05) is 16.8 Å². The van der Waals surface area contributed by atoms with Gasteiger partial charge in [0.25, 0.3) is 5.91 Å². The number of halogens is 1. The number of piperidine rings is 1. The lowest BCUT2D eigenvalue weighted by atomic mass is 9.99. The quantitative estimate of drug-likeness (QED) is 0.813. The average molecular weight is 388 g/mol. The number of pyridine rings is 1. The van der Waals surface area contributed by atoms with Gasteiger partial charge < -0.3 is 10.2 Å². The largest absolute Gasteiger partial charge is 0.367 e. The fourth-order valence-electron chi connectivity index (χ4n) is 3.24. The molecule has 1 unspecified atom stereocenters. The van der Waals surface area contributed by atoms with Gasteiger partial charge in [0.15, 0.2) is 0 Å². The second-order valence-electron chi connectivity index (χ2n) is 6.15. The van der Waals surface area contributed by atoms with E-state index in [0.717, 1.165) is 28.8 Å². The monoisotopic (exact) mass is 387 g/mol. The molecular weight excluding hydrogens is 366 g/mol. The SMILES string of the molecule is CCC1CCCCN1c1cncc(C(=O)Nc2cccc(Br)c2)c1. The lowest BCUT2D eigenvalue weighted by Gasteiger charge is -2.37. The van der Waals surface area contributed by atoms with E-state index in [4.69, 9.17) is 0 Å². The Kier molecular flexibility index (Phi) is 5.51. The third-order valence-corrected chi connectivity index (χ3v) is 4.99. The van der Waals surface area contributed by atoms with Crippen LogP contribution in [-0.4, -0.2) is 23.5 Å². The Morgan fingerprint density at radius 1 is 1.33 bits per heavy atom. The van der Waals surface area contributed by atoms with Crippen LogP contribution in [0.1, 0.15) is 43.0 Å². The Morgan fingerprint density at radius 3 is 3.00 bits per heavy atom. The Balaban J connectivity index is 1.78. The third-order valence-electron chi connectivity index (χ3n) is 4.50. The number of carbonyl (C=O) groups is 1. The molecule has 2 aromatic rings. The maximum Gasteiger partial charge on any atom is 0.257 e. The number of anilines is 2. The van der Waals surface area contributed by atoms with Gasteiger partial charge in [-0.05, 0) is 49.9 Å². The van der Waals surface area contributed by atoms with Crippen molar-refractivity contribution >= 4 is 33.2 Å². The Hall–Kier alpha value is -1.88. The summed E-state index contributed by atoms with van der Waals surface area (Å²) in [6.45, 7) is 3.26. The molecular formula is C19H22BrN3O. The van der Waals surface area contributed by atoms with Crippen LogP contribution in [0.4, 0.5) is 11.4 Å². The van der Waals surface area contributed by atoms with Crippen molar-refractivity contribution in [3.8, 4) is 0 Å². The number of hydrogen-bond donors (Lipinski definition) is 1. The smallest absolute Gasteiger partial charge is 0.257 e. The summed E-state index contributed by atoms with van der Waals surface area (Å²) in [5.74, 6) is -0.132. The van der Waals surface area contributed by atoms with Crippen LogP contribution in [0.15, 0.2) is 47.2 Å². The van der Waals surface area contributed by atoms with Gasteiger partial charge >= 0.3 is 0 Å². The fraction of sp³-hybridized carbons (Fsp3) is 0.368. The zero-order valence-electron chi connectivity index (χ0n) is 13.8. The first-order valence-corrected chi connectivity index (χ1v) is 9.25. The highest BCUT2D eigenvalue weighted by Gasteiger charge is 2.22. The van der Waals surface area contributed by atoms with Gasteiger partial charge in [0.2, 0.25) is 0 Å². The number of hydrogen-bond acceptors (Lipinski definition) is 3. The third kappa shape index (κ3) is 3.96. The molecule has 1 aliphatic rings. The zero-order valence-corrected chi connectivity index (χ0v) is 15.4.